The monoisotopic (exact) mass is 462 g/mol. The molecule has 7 rings (SSSR count). The van der Waals surface area contributed by atoms with Crippen LogP contribution in [-0.2, 0) is 11.2 Å². The lowest BCUT2D eigenvalue weighted by atomic mass is 9.73. The van der Waals surface area contributed by atoms with Crippen LogP contribution in [0, 0.1) is 11.3 Å². The maximum atomic E-state index is 12.8. The van der Waals surface area contributed by atoms with Gasteiger partial charge in [0.15, 0.2) is 6.79 Å². The van der Waals surface area contributed by atoms with Crippen molar-refractivity contribution in [3.8, 4) is 16.9 Å². The Morgan fingerprint density at radius 1 is 1.15 bits per heavy atom. The van der Waals surface area contributed by atoms with E-state index < -0.39 is 6.09 Å². The SMILES string of the molecule is COCOc1ccccc1-c1ccc2c(c1)CCC1(CC1)C2N(C(=O)O)[C@@H]1CN2CCC1CC2. The topological polar surface area (TPSA) is 62.2 Å². The van der Waals surface area contributed by atoms with Crippen molar-refractivity contribution < 1.29 is 19.4 Å². The summed E-state index contributed by atoms with van der Waals surface area (Å²) in [6.45, 7) is 3.34. The lowest BCUT2D eigenvalue weighted by Gasteiger charge is -2.52. The first-order chi connectivity index (χ1) is 16.6. The van der Waals surface area contributed by atoms with E-state index in [1.807, 2.05) is 23.1 Å². The zero-order valence-electron chi connectivity index (χ0n) is 19.9. The van der Waals surface area contributed by atoms with Crippen molar-refractivity contribution in [3.05, 3.63) is 53.6 Å². The van der Waals surface area contributed by atoms with E-state index in [4.69, 9.17) is 9.47 Å². The van der Waals surface area contributed by atoms with Gasteiger partial charge in [0.1, 0.15) is 5.75 Å². The molecule has 0 radical (unpaired) electrons. The molecule has 6 heteroatoms. The summed E-state index contributed by atoms with van der Waals surface area (Å²) < 4.78 is 10.9. The van der Waals surface area contributed by atoms with Crippen molar-refractivity contribution in [2.75, 3.05) is 33.5 Å². The third-order valence-corrected chi connectivity index (χ3v) is 8.81. The Balaban J connectivity index is 1.38. The Hall–Kier alpha value is -2.57. The van der Waals surface area contributed by atoms with E-state index in [2.05, 4.69) is 29.2 Å². The van der Waals surface area contributed by atoms with Gasteiger partial charge in [-0.05, 0) is 85.7 Å². The van der Waals surface area contributed by atoms with Gasteiger partial charge in [0, 0.05) is 19.2 Å². The summed E-state index contributed by atoms with van der Waals surface area (Å²) in [6.07, 6.45) is 5.85. The summed E-state index contributed by atoms with van der Waals surface area (Å²) in [5.74, 6) is 1.29. The van der Waals surface area contributed by atoms with Crippen LogP contribution >= 0.6 is 0 Å². The van der Waals surface area contributed by atoms with Crippen molar-refractivity contribution in [3.63, 3.8) is 0 Å². The normalized spacial score (nSPS) is 28.4. The van der Waals surface area contributed by atoms with Crippen LogP contribution in [0.15, 0.2) is 42.5 Å². The number of para-hydroxylation sites is 1. The average molecular weight is 463 g/mol. The Kier molecular flexibility index (Phi) is 5.53. The van der Waals surface area contributed by atoms with Crippen molar-refractivity contribution in [2.24, 2.45) is 11.3 Å². The summed E-state index contributed by atoms with van der Waals surface area (Å²) in [6, 6.07) is 14.7. The number of fused-ring (bicyclic) bond motifs is 4. The standard InChI is InChI=1S/C28H34N2O4/c1-33-18-34-25-5-3-2-4-22(25)20-6-7-23-21(16-20)8-11-28(12-13-28)26(23)30(27(31)32)24-17-29-14-9-19(24)10-15-29/h2-7,16,19,24,26H,8-15,17-18H2,1H3,(H,31,32)/t24-,26?/m1/s1. The van der Waals surface area contributed by atoms with Gasteiger partial charge in [-0.1, -0.05) is 36.4 Å². The Labute approximate surface area is 201 Å². The van der Waals surface area contributed by atoms with E-state index in [0.717, 1.165) is 75.0 Å². The molecule has 1 N–H and O–H groups in total. The van der Waals surface area contributed by atoms with Crippen LogP contribution in [0.4, 0.5) is 4.79 Å². The predicted octanol–water partition coefficient (Wildman–Crippen LogP) is 5.18. The highest BCUT2D eigenvalue weighted by atomic mass is 16.7. The van der Waals surface area contributed by atoms with Gasteiger partial charge in [0.05, 0.1) is 12.1 Å². The number of methoxy groups -OCH3 is 1. The first-order valence-corrected chi connectivity index (χ1v) is 12.7. The fourth-order valence-corrected chi connectivity index (χ4v) is 6.88. The molecule has 34 heavy (non-hydrogen) atoms. The summed E-state index contributed by atoms with van der Waals surface area (Å²) in [4.78, 5) is 17.2. The lowest BCUT2D eigenvalue weighted by Crippen LogP contribution is -2.60. The maximum absolute atomic E-state index is 12.8. The smallest absolute Gasteiger partial charge is 0.408 e. The molecule has 4 fully saturated rings. The zero-order chi connectivity index (χ0) is 23.3. The number of carbonyl (C=O) groups is 1. The van der Waals surface area contributed by atoms with E-state index in [0.29, 0.717) is 5.92 Å². The van der Waals surface area contributed by atoms with Gasteiger partial charge >= 0.3 is 6.09 Å². The molecule has 2 aromatic rings. The molecule has 1 amide bonds. The second-order valence-electron chi connectivity index (χ2n) is 10.6. The molecule has 2 bridgehead atoms. The molecule has 3 saturated heterocycles. The van der Waals surface area contributed by atoms with Gasteiger partial charge in [0.25, 0.3) is 0 Å². The van der Waals surface area contributed by atoms with Crippen molar-refractivity contribution in [1.29, 1.82) is 0 Å². The van der Waals surface area contributed by atoms with Crippen LogP contribution in [0.5, 0.6) is 5.75 Å². The minimum Gasteiger partial charge on any atom is -0.467 e. The number of nitrogens with zero attached hydrogens (tertiary/aromatic N) is 2. The number of ether oxygens (including phenoxy) is 2. The van der Waals surface area contributed by atoms with E-state index in [1.165, 1.54) is 11.1 Å². The number of carboxylic acid groups (broad SMARTS) is 1. The van der Waals surface area contributed by atoms with Crippen molar-refractivity contribution in [1.82, 2.24) is 9.80 Å². The predicted molar refractivity (Wildman–Crippen MR) is 130 cm³/mol. The minimum absolute atomic E-state index is 0.0339. The summed E-state index contributed by atoms with van der Waals surface area (Å²) >= 11 is 0. The van der Waals surface area contributed by atoms with Gasteiger partial charge in [-0.15, -0.1) is 0 Å². The number of benzene rings is 2. The molecule has 2 aromatic carbocycles. The molecule has 1 unspecified atom stereocenters. The van der Waals surface area contributed by atoms with Gasteiger partial charge in [-0.25, -0.2) is 4.79 Å². The molecular formula is C28H34N2O4. The third-order valence-electron chi connectivity index (χ3n) is 8.81. The average Bonchev–Trinajstić information content (AvgIpc) is 3.65. The summed E-state index contributed by atoms with van der Waals surface area (Å²) in [5.41, 5.74) is 4.78. The molecule has 6 nitrogen and oxygen atoms in total. The number of aryl methyl sites for hydroxylation is 1. The first kappa shape index (κ1) is 21.9. The Bertz CT molecular complexity index is 1070. The largest absolute Gasteiger partial charge is 0.467 e. The number of piperidine rings is 3. The van der Waals surface area contributed by atoms with Gasteiger partial charge in [0.2, 0.25) is 0 Å². The second-order valence-corrected chi connectivity index (χ2v) is 10.6. The van der Waals surface area contributed by atoms with Crippen LogP contribution in [0.2, 0.25) is 0 Å². The van der Waals surface area contributed by atoms with Gasteiger partial charge < -0.3 is 19.5 Å². The Morgan fingerprint density at radius 2 is 1.94 bits per heavy atom. The Morgan fingerprint density at radius 3 is 2.62 bits per heavy atom. The van der Waals surface area contributed by atoms with Crippen molar-refractivity contribution in [2.45, 2.75) is 50.6 Å². The van der Waals surface area contributed by atoms with Gasteiger partial charge in [-0.3, -0.25) is 4.90 Å². The zero-order valence-corrected chi connectivity index (χ0v) is 19.9. The molecule has 5 aliphatic rings. The van der Waals surface area contributed by atoms with E-state index in [-0.39, 0.29) is 24.3 Å². The molecule has 2 atom stereocenters. The molecule has 1 spiro atoms. The first-order valence-electron chi connectivity index (χ1n) is 12.7. The third kappa shape index (κ3) is 3.68. The summed E-state index contributed by atoms with van der Waals surface area (Å²) in [5, 5.41) is 10.5. The minimum atomic E-state index is -0.745. The molecule has 0 aromatic heterocycles. The highest BCUT2D eigenvalue weighted by Gasteiger charge is 2.57. The van der Waals surface area contributed by atoms with Crippen LogP contribution in [0.3, 0.4) is 0 Å². The number of rotatable bonds is 6. The fraction of sp³-hybridized carbons (Fsp3) is 0.536. The van der Waals surface area contributed by atoms with Crippen LogP contribution in [-0.4, -0.2) is 60.6 Å². The van der Waals surface area contributed by atoms with Crippen LogP contribution in [0.1, 0.15) is 49.3 Å². The second kappa shape index (κ2) is 8.58. The fourth-order valence-electron chi connectivity index (χ4n) is 6.88. The van der Waals surface area contributed by atoms with E-state index in [9.17, 15) is 9.90 Å². The molecule has 3 aliphatic heterocycles. The van der Waals surface area contributed by atoms with E-state index >= 15 is 0 Å². The molecule has 2 aliphatic carbocycles. The number of hydrogen-bond acceptors (Lipinski definition) is 4. The maximum Gasteiger partial charge on any atom is 0.408 e. The number of amides is 1. The molecule has 3 heterocycles. The van der Waals surface area contributed by atoms with Crippen molar-refractivity contribution >= 4 is 6.09 Å². The van der Waals surface area contributed by atoms with E-state index in [1.54, 1.807) is 7.11 Å². The van der Waals surface area contributed by atoms with Gasteiger partial charge in [-0.2, -0.15) is 0 Å². The lowest BCUT2D eigenvalue weighted by molar-refractivity contribution is -0.0243. The summed E-state index contributed by atoms with van der Waals surface area (Å²) in [7, 11) is 1.62. The number of hydrogen-bond donors (Lipinski definition) is 1. The molecular weight excluding hydrogens is 428 g/mol. The highest BCUT2D eigenvalue weighted by Crippen LogP contribution is 2.64. The quantitative estimate of drug-likeness (QED) is 0.600. The van der Waals surface area contributed by atoms with Crippen LogP contribution < -0.4 is 4.74 Å². The molecule has 180 valence electrons. The highest BCUT2D eigenvalue weighted by molar-refractivity contribution is 5.72. The van der Waals surface area contributed by atoms with Crippen LogP contribution in [0.25, 0.3) is 11.1 Å². The molecule has 1 saturated carbocycles.